The van der Waals surface area contributed by atoms with Gasteiger partial charge >= 0.3 is 0 Å². The van der Waals surface area contributed by atoms with Crippen molar-refractivity contribution in [3.8, 4) is 0 Å². The molecule has 54 valence electrons. The minimum absolute atomic E-state index is 0.00926. The van der Waals surface area contributed by atoms with E-state index in [0.29, 0.717) is 0 Å². The first-order valence-corrected chi connectivity index (χ1v) is 3.35. The van der Waals surface area contributed by atoms with Crippen LogP contribution >= 0.6 is 34.8 Å². The maximum atomic E-state index is 10.5. The van der Waals surface area contributed by atoms with Crippen LogP contribution in [0.5, 0.6) is 0 Å². The molecule has 0 radical (unpaired) electrons. The van der Waals surface area contributed by atoms with Crippen molar-refractivity contribution < 1.29 is 4.79 Å². The molecular formula is C4HCl3N2O. The number of rotatable bonds is 1. The zero-order valence-corrected chi connectivity index (χ0v) is 6.76. The summed E-state index contributed by atoms with van der Waals surface area (Å²) in [5.41, 5.74) is 0.0185. The lowest BCUT2D eigenvalue weighted by Crippen LogP contribution is -1.86. The molecule has 0 saturated heterocycles. The SMILES string of the molecule is O=C(Cl)c1c(Cl)n[nH]c1Cl. The van der Waals surface area contributed by atoms with Crippen molar-refractivity contribution in [2.75, 3.05) is 0 Å². The van der Waals surface area contributed by atoms with Crippen LogP contribution in [0.25, 0.3) is 0 Å². The van der Waals surface area contributed by atoms with Crippen LogP contribution in [0.3, 0.4) is 0 Å². The zero-order valence-electron chi connectivity index (χ0n) is 4.49. The van der Waals surface area contributed by atoms with Gasteiger partial charge in [0.25, 0.3) is 5.24 Å². The summed E-state index contributed by atoms with van der Waals surface area (Å²) in [6.45, 7) is 0. The summed E-state index contributed by atoms with van der Waals surface area (Å²) in [6.07, 6.45) is 0. The molecule has 1 heterocycles. The van der Waals surface area contributed by atoms with Crippen molar-refractivity contribution in [1.29, 1.82) is 0 Å². The Balaban J connectivity index is 3.23. The Labute approximate surface area is 71.3 Å². The van der Waals surface area contributed by atoms with E-state index in [-0.39, 0.29) is 15.9 Å². The highest BCUT2D eigenvalue weighted by molar-refractivity contribution is 6.69. The second-order valence-corrected chi connectivity index (χ2v) is 2.56. The zero-order chi connectivity index (χ0) is 7.72. The summed E-state index contributed by atoms with van der Waals surface area (Å²) in [5, 5.41) is 5.07. The summed E-state index contributed by atoms with van der Waals surface area (Å²) in [5.74, 6) is 0. The number of hydrogen-bond donors (Lipinski definition) is 1. The van der Waals surface area contributed by atoms with Crippen LogP contribution in [-0.4, -0.2) is 15.4 Å². The van der Waals surface area contributed by atoms with Crippen molar-refractivity contribution in [1.82, 2.24) is 10.2 Å². The molecule has 0 unspecified atom stereocenters. The first kappa shape index (κ1) is 7.85. The predicted molar refractivity (Wildman–Crippen MR) is 38.8 cm³/mol. The van der Waals surface area contributed by atoms with Crippen molar-refractivity contribution in [3.63, 3.8) is 0 Å². The molecule has 1 N–H and O–H groups in total. The molecule has 0 aromatic carbocycles. The first-order chi connectivity index (χ1) is 4.63. The number of carbonyl (C=O) groups excluding carboxylic acids is 1. The number of nitrogens with zero attached hydrogens (tertiary/aromatic N) is 1. The molecule has 1 rings (SSSR count). The van der Waals surface area contributed by atoms with E-state index >= 15 is 0 Å². The maximum Gasteiger partial charge on any atom is 0.258 e. The minimum Gasteiger partial charge on any atom is -0.275 e. The van der Waals surface area contributed by atoms with Crippen molar-refractivity contribution >= 4 is 40.0 Å². The summed E-state index contributed by atoms with van der Waals surface area (Å²) in [4.78, 5) is 10.5. The molecule has 0 bridgehead atoms. The average Bonchev–Trinajstić information content (AvgIpc) is 2.11. The van der Waals surface area contributed by atoms with Gasteiger partial charge in [-0.2, -0.15) is 5.10 Å². The predicted octanol–water partition coefficient (Wildman–Crippen LogP) is 2.10. The highest BCUT2D eigenvalue weighted by Crippen LogP contribution is 2.22. The largest absolute Gasteiger partial charge is 0.275 e. The Kier molecular flexibility index (Phi) is 2.18. The van der Waals surface area contributed by atoms with E-state index in [0.717, 1.165) is 0 Å². The Morgan fingerprint density at radius 2 is 2.10 bits per heavy atom. The van der Waals surface area contributed by atoms with Gasteiger partial charge in [0, 0.05) is 0 Å². The van der Waals surface area contributed by atoms with Gasteiger partial charge in [-0.3, -0.25) is 9.89 Å². The second kappa shape index (κ2) is 2.78. The van der Waals surface area contributed by atoms with Gasteiger partial charge in [0.05, 0.1) is 0 Å². The lowest BCUT2D eigenvalue weighted by molar-refractivity contribution is 0.108. The quantitative estimate of drug-likeness (QED) is 0.704. The Morgan fingerprint density at radius 1 is 1.50 bits per heavy atom. The molecule has 0 aliphatic heterocycles. The number of H-pyrrole nitrogens is 1. The normalized spacial score (nSPS) is 9.90. The van der Waals surface area contributed by atoms with E-state index in [9.17, 15) is 4.79 Å². The van der Waals surface area contributed by atoms with Crippen LogP contribution < -0.4 is 0 Å². The van der Waals surface area contributed by atoms with Crippen LogP contribution in [0.4, 0.5) is 0 Å². The molecule has 0 spiro atoms. The van der Waals surface area contributed by atoms with Crippen molar-refractivity contribution in [2.45, 2.75) is 0 Å². The fourth-order valence-electron chi connectivity index (χ4n) is 0.468. The molecule has 6 heteroatoms. The fraction of sp³-hybridized carbons (Fsp3) is 0. The molecule has 3 nitrogen and oxygen atoms in total. The third kappa shape index (κ3) is 1.26. The van der Waals surface area contributed by atoms with Gasteiger partial charge in [0.1, 0.15) is 10.7 Å². The van der Waals surface area contributed by atoms with Crippen LogP contribution in [0.1, 0.15) is 10.4 Å². The fourth-order valence-corrected chi connectivity index (χ4v) is 1.24. The molecule has 0 fully saturated rings. The lowest BCUT2D eigenvalue weighted by Gasteiger charge is -1.85. The topological polar surface area (TPSA) is 45.8 Å². The first-order valence-electron chi connectivity index (χ1n) is 2.22. The molecule has 0 aliphatic rings. The maximum absolute atomic E-state index is 10.5. The average molecular weight is 199 g/mol. The van der Waals surface area contributed by atoms with Gasteiger partial charge in [-0.25, -0.2) is 0 Å². The van der Waals surface area contributed by atoms with Gasteiger partial charge in [-0.15, -0.1) is 0 Å². The Morgan fingerprint density at radius 3 is 2.30 bits per heavy atom. The molecule has 0 atom stereocenters. The van der Waals surface area contributed by atoms with E-state index < -0.39 is 5.24 Å². The van der Waals surface area contributed by atoms with Gasteiger partial charge < -0.3 is 0 Å². The van der Waals surface area contributed by atoms with E-state index in [1.807, 2.05) is 0 Å². The molecule has 0 saturated carbocycles. The molecule has 0 aliphatic carbocycles. The van der Waals surface area contributed by atoms with E-state index in [1.54, 1.807) is 0 Å². The molecular weight excluding hydrogens is 198 g/mol. The number of nitrogens with one attached hydrogen (secondary N) is 1. The molecule has 0 amide bonds. The van der Waals surface area contributed by atoms with Gasteiger partial charge in [0.2, 0.25) is 0 Å². The molecule has 10 heavy (non-hydrogen) atoms. The minimum atomic E-state index is -0.719. The summed E-state index contributed by atoms with van der Waals surface area (Å²) < 4.78 is 0. The highest BCUT2D eigenvalue weighted by atomic mass is 35.5. The van der Waals surface area contributed by atoms with E-state index in [2.05, 4.69) is 10.2 Å². The summed E-state index contributed by atoms with van der Waals surface area (Å²) in [6, 6.07) is 0. The molecule has 1 aromatic heterocycles. The van der Waals surface area contributed by atoms with Crippen LogP contribution in [0.15, 0.2) is 0 Å². The highest BCUT2D eigenvalue weighted by Gasteiger charge is 2.15. The summed E-state index contributed by atoms with van der Waals surface area (Å²) in [7, 11) is 0. The van der Waals surface area contributed by atoms with Crippen LogP contribution in [0.2, 0.25) is 10.3 Å². The van der Waals surface area contributed by atoms with E-state index in [4.69, 9.17) is 34.8 Å². The van der Waals surface area contributed by atoms with Gasteiger partial charge in [-0.05, 0) is 11.6 Å². The standard InChI is InChI=1S/C4HCl3N2O/c5-2-1(4(7)10)3(6)9-8-2/h(H,8,9). The number of hydrogen-bond acceptors (Lipinski definition) is 2. The third-order valence-corrected chi connectivity index (χ3v) is 1.61. The number of aromatic amines is 1. The number of aromatic nitrogens is 2. The van der Waals surface area contributed by atoms with Crippen molar-refractivity contribution in [3.05, 3.63) is 15.9 Å². The van der Waals surface area contributed by atoms with Crippen molar-refractivity contribution in [2.24, 2.45) is 0 Å². The van der Waals surface area contributed by atoms with Gasteiger partial charge in [0.15, 0.2) is 5.15 Å². The lowest BCUT2D eigenvalue weighted by atomic mass is 10.4. The monoisotopic (exact) mass is 198 g/mol. The smallest absolute Gasteiger partial charge is 0.258 e. The summed E-state index contributed by atoms with van der Waals surface area (Å²) >= 11 is 15.9. The third-order valence-electron chi connectivity index (χ3n) is 0.875. The van der Waals surface area contributed by atoms with Crippen LogP contribution in [-0.2, 0) is 0 Å². The van der Waals surface area contributed by atoms with E-state index in [1.165, 1.54) is 0 Å². The Hall–Kier alpha value is -0.250. The molecule has 1 aromatic rings. The number of halogens is 3. The van der Waals surface area contributed by atoms with Gasteiger partial charge in [-0.1, -0.05) is 23.2 Å². The second-order valence-electron chi connectivity index (χ2n) is 1.48. The number of carbonyl (C=O) groups is 1. The van der Waals surface area contributed by atoms with Crippen LogP contribution in [0, 0.1) is 0 Å². The Bertz CT molecular complexity index is 250.